The summed E-state index contributed by atoms with van der Waals surface area (Å²) in [4.78, 5) is 15.9. The molecular weight excluding hydrogens is 204 g/mol. The van der Waals surface area contributed by atoms with E-state index in [9.17, 15) is 4.79 Å². The van der Waals surface area contributed by atoms with Crippen LogP contribution in [0.4, 0.5) is 11.5 Å². The normalized spacial score (nSPS) is 12.9. The summed E-state index contributed by atoms with van der Waals surface area (Å²) in [6.07, 6.45) is 1.63. The number of nitrogens with zero attached hydrogens (tertiary/aromatic N) is 1. The van der Waals surface area contributed by atoms with Crippen LogP contribution >= 0.6 is 0 Å². The number of benzene rings is 1. The lowest BCUT2D eigenvalue weighted by Gasteiger charge is -2.04. The third-order valence-corrected chi connectivity index (χ3v) is 2.37. The molecule has 0 spiro atoms. The standard InChI is InChI=1S/C12H8N2O2/c15-12-8-4-3-7-13-11(8)14-9-5-1-2-6-10(9)16-12/h1-7H,(H,13,14). The van der Waals surface area contributed by atoms with Crippen LogP contribution < -0.4 is 10.1 Å². The van der Waals surface area contributed by atoms with Gasteiger partial charge in [-0.2, -0.15) is 0 Å². The maximum atomic E-state index is 11.8. The quantitative estimate of drug-likeness (QED) is 0.538. The molecule has 0 amide bonds. The molecule has 1 aromatic carbocycles. The van der Waals surface area contributed by atoms with Crippen LogP contribution in [0.5, 0.6) is 5.75 Å². The van der Waals surface area contributed by atoms with E-state index in [4.69, 9.17) is 4.74 Å². The number of aromatic nitrogens is 1. The van der Waals surface area contributed by atoms with Crippen molar-refractivity contribution in [1.29, 1.82) is 0 Å². The monoisotopic (exact) mass is 212 g/mol. The van der Waals surface area contributed by atoms with Crippen LogP contribution in [-0.4, -0.2) is 11.0 Å². The predicted octanol–water partition coefficient (Wildman–Crippen LogP) is 2.36. The molecule has 78 valence electrons. The van der Waals surface area contributed by atoms with Crippen molar-refractivity contribution in [1.82, 2.24) is 4.98 Å². The van der Waals surface area contributed by atoms with Crippen molar-refractivity contribution >= 4 is 17.5 Å². The highest BCUT2D eigenvalue weighted by Crippen LogP contribution is 2.31. The lowest BCUT2D eigenvalue weighted by molar-refractivity contribution is 0.0738. The Bertz CT molecular complexity index is 566. The van der Waals surface area contributed by atoms with Crippen molar-refractivity contribution < 1.29 is 9.53 Å². The van der Waals surface area contributed by atoms with Gasteiger partial charge < -0.3 is 10.1 Å². The number of carbonyl (C=O) groups excluding carboxylic acids is 1. The highest BCUT2D eigenvalue weighted by Gasteiger charge is 2.20. The maximum absolute atomic E-state index is 11.8. The zero-order valence-corrected chi connectivity index (χ0v) is 8.31. The first-order chi connectivity index (χ1) is 7.84. The van der Waals surface area contributed by atoms with Crippen molar-refractivity contribution in [3.05, 3.63) is 48.2 Å². The fraction of sp³-hybridized carbons (Fsp3) is 0. The van der Waals surface area contributed by atoms with Crippen LogP contribution in [0, 0.1) is 0 Å². The minimum Gasteiger partial charge on any atom is -0.421 e. The second-order valence-corrected chi connectivity index (χ2v) is 3.41. The number of fused-ring (bicyclic) bond motifs is 2. The zero-order valence-electron chi connectivity index (χ0n) is 8.31. The highest BCUT2D eigenvalue weighted by molar-refractivity contribution is 5.99. The molecule has 0 aliphatic carbocycles. The Balaban J connectivity index is 2.18. The number of anilines is 2. The van der Waals surface area contributed by atoms with Gasteiger partial charge in [-0.15, -0.1) is 0 Å². The minimum atomic E-state index is -0.388. The summed E-state index contributed by atoms with van der Waals surface area (Å²) < 4.78 is 5.24. The third kappa shape index (κ3) is 1.32. The number of nitrogens with one attached hydrogen (secondary N) is 1. The molecule has 0 saturated carbocycles. The van der Waals surface area contributed by atoms with E-state index < -0.39 is 0 Å². The first kappa shape index (κ1) is 8.91. The van der Waals surface area contributed by atoms with Crippen molar-refractivity contribution in [2.24, 2.45) is 0 Å². The van der Waals surface area contributed by atoms with Gasteiger partial charge in [-0.05, 0) is 24.3 Å². The summed E-state index contributed by atoms with van der Waals surface area (Å²) in [7, 11) is 0. The van der Waals surface area contributed by atoms with Crippen molar-refractivity contribution in [3.63, 3.8) is 0 Å². The van der Waals surface area contributed by atoms with Gasteiger partial charge in [-0.25, -0.2) is 9.78 Å². The molecule has 2 heterocycles. The fourth-order valence-corrected chi connectivity index (χ4v) is 1.61. The molecule has 1 aromatic heterocycles. The van der Waals surface area contributed by atoms with Gasteiger partial charge in [-0.1, -0.05) is 12.1 Å². The molecule has 4 heteroatoms. The van der Waals surface area contributed by atoms with Crippen LogP contribution in [0.25, 0.3) is 0 Å². The van der Waals surface area contributed by atoms with Gasteiger partial charge in [0.15, 0.2) is 5.75 Å². The first-order valence-corrected chi connectivity index (χ1v) is 4.88. The lowest BCUT2D eigenvalue weighted by Crippen LogP contribution is -2.07. The van der Waals surface area contributed by atoms with Gasteiger partial charge in [0.25, 0.3) is 0 Å². The molecule has 0 unspecified atom stereocenters. The largest absolute Gasteiger partial charge is 0.421 e. The summed E-state index contributed by atoms with van der Waals surface area (Å²) in [5.41, 5.74) is 1.19. The fourth-order valence-electron chi connectivity index (χ4n) is 1.61. The number of pyridine rings is 1. The van der Waals surface area contributed by atoms with E-state index >= 15 is 0 Å². The molecule has 0 atom stereocenters. The molecule has 0 fully saturated rings. The Morgan fingerprint density at radius 3 is 2.94 bits per heavy atom. The highest BCUT2D eigenvalue weighted by atomic mass is 16.5. The number of esters is 1. The van der Waals surface area contributed by atoms with Crippen molar-refractivity contribution in [2.45, 2.75) is 0 Å². The van der Waals surface area contributed by atoms with E-state index in [1.165, 1.54) is 0 Å². The average Bonchev–Trinajstić information content (AvgIpc) is 2.45. The number of carbonyl (C=O) groups is 1. The van der Waals surface area contributed by atoms with Gasteiger partial charge in [-0.3, -0.25) is 0 Å². The SMILES string of the molecule is O=C1Oc2ccccc2Nc2ncccc21. The van der Waals surface area contributed by atoms with E-state index in [0.29, 0.717) is 17.1 Å². The smallest absolute Gasteiger partial charge is 0.347 e. The van der Waals surface area contributed by atoms with E-state index in [-0.39, 0.29) is 5.97 Å². The van der Waals surface area contributed by atoms with Gasteiger partial charge in [0, 0.05) is 6.20 Å². The molecule has 0 saturated heterocycles. The van der Waals surface area contributed by atoms with E-state index in [2.05, 4.69) is 10.3 Å². The van der Waals surface area contributed by atoms with Crippen LogP contribution in [0.15, 0.2) is 42.6 Å². The Morgan fingerprint density at radius 2 is 2.00 bits per heavy atom. The molecule has 2 aromatic rings. The zero-order chi connectivity index (χ0) is 11.0. The van der Waals surface area contributed by atoms with Crippen molar-refractivity contribution in [3.8, 4) is 5.75 Å². The van der Waals surface area contributed by atoms with Gasteiger partial charge in [0.05, 0.1) is 5.69 Å². The van der Waals surface area contributed by atoms with Crippen LogP contribution in [0.3, 0.4) is 0 Å². The Morgan fingerprint density at radius 1 is 1.12 bits per heavy atom. The molecule has 1 aliphatic rings. The second-order valence-electron chi connectivity index (χ2n) is 3.41. The van der Waals surface area contributed by atoms with Gasteiger partial charge >= 0.3 is 5.97 Å². The Kier molecular flexibility index (Phi) is 1.86. The minimum absolute atomic E-state index is 0.388. The molecule has 0 bridgehead atoms. The summed E-state index contributed by atoms with van der Waals surface area (Å²) in [5, 5.41) is 3.08. The second kappa shape index (κ2) is 3.34. The maximum Gasteiger partial charge on any atom is 0.347 e. The molecule has 1 N–H and O–H groups in total. The van der Waals surface area contributed by atoms with E-state index in [1.807, 2.05) is 18.2 Å². The Labute approximate surface area is 91.9 Å². The molecular formula is C12H8N2O2. The summed E-state index contributed by atoms with van der Waals surface area (Å²) >= 11 is 0. The lowest BCUT2D eigenvalue weighted by atomic mass is 10.2. The van der Waals surface area contributed by atoms with E-state index in [1.54, 1.807) is 24.4 Å². The van der Waals surface area contributed by atoms with Crippen LogP contribution in [0.2, 0.25) is 0 Å². The van der Waals surface area contributed by atoms with Gasteiger partial charge in [0.1, 0.15) is 11.4 Å². The molecule has 4 nitrogen and oxygen atoms in total. The predicted molar refractivity (Wildman–Crippen MR) is 58.9 cm³/mol. The number of ether oxygens (including phenoxy) is 1. The average molecular weight is 212 g/mol. The van der Waals surface area contributed by atoms with Gasteiger partial charge in [0.2, 0.25) is 0 Å². The Hall–Kier alpha value is -2.36. The topological polar surface area (TPSA) is 51.2 Å². The summed E-state index contributed by atoms with van der Waals surface area (Å²) in [5.74, 6) is 0.656. The first-order valence-electron chi connectivity index (χ1n) is 4.88. The molecule has 0 radical (unpaired) electrons. The van der Waals surface area contributed by atoms with Crippen LogP contribution in [0.1, 0.15) is 10.4 Å². The molecule has 3 rings (SSSR count). The van der Waals surface area contributed by atoms with Crippen molar-refractivity contribution in [2.75, 3.05) is 5.32 Å². The molecule has 16 heavy (non-hydrogen) atoms. The number of hydrogen-bond acceptors (Lipinski definition) is 4. The summed E-state index contributed by atoms with van der Waals surface area (Å²) in [6.45, 7) is 0. The molecule has 1 aliphatic heterocycles. The van der Waals surface area contributed by atoms with Crippen LogP contribution in [-0.2, 0) is 0 Å². The number of rotatable bonds is 0. The number of para-hydroxylation sites is 2. The third-order valence-electron chi connectivity index (χ3n) is 2.37. The summed E-state index contributed by atoms with van der Waals surface area (Å²) in [6, 6.07) is 10.7. The van der Waals surface area contributed by atoms with E-state index in [0.717, 1.165) is 5.69 Å². The number of hydrogen-bond donors (Lipinski definition) is 1.